The second kappa shape index (κ2) is 6.85. The number of likely N-dealkylation sites (tertiary alicyclic amines) is 1. The Morgan fingerprint density at radius 3 is 2.18 bits per heavy atom. The van der Waals surface area contributed by atoms with E-state index >= 15 is 0 Å². The molecule has 22 heavy (non-hydrogen) atoms. The van der Waals surface area contributed by atoms with Crippen LogP contribution in [0.2, 0.25) is 0 Å². The Labute approximate surface area is 128 Å². The highest BCUT2D eigenvalue weighted by atomic mass is 19.1. The third kappa shape index (κ3) is 4.02. The summed E-state index contributed by atoms with van der Waals surface area (Å²) < 4.78 is 26.2. The van der Waals surface area contributed by atoms with Gasteiger partial charge in [-0.2, -0.15) is 0 Å². The molecule has 4 nitrogen and oxygen atoms in total. The van der Waals surface area contributed by atoms with Gasteiger partial charge in [-0.25, -0.2) is 8.78 Å². The van der Waals surface area contributed by atoms with Gasteiger partial charge in [-0.3, -0.25) is 9.59 Å². The molecule has 0 aromatic heterocycles. The molecule has 0 saturated carbocycles. The van der Waals surface area contributed by atoms with E-state index < -0.39 is 11.6 Å². The van der Waals surface area contributed by atoms with Crippen molar-refractivity contribution in [1.82, 2.24) is 4.90 Å². The van der Waals surface area contributed by atoms with E-state index in [0.29, 0.717) is 25.9 Å². The highest BCUT2D eigenvalue weighted by molar-refractivity contribution is 5.92. The minimum atomic E-state index is -0.729. The van der Waals surface area contributed by atoms with E-state index in [1.54, 1.807) is 4.90 Å². The van der Waals surface area contributed by atoms with Gasteiger partial charge in [-0.15, -0.1) is 0 Å². The van der Waals surface area contributed by atoms with Crippen LogP contribution in [0.15, 0.2) is 18.2 Å². The molecule has 1 aromatic rings. The SMILES string of the molecule is CC(C)C(=O)N1CCC(C(=O)Nc2cc(F)cc(F)c2)CC1. The van der Waals surface area contributed by atoms with Crippen LogP contribution in [0.25, 0.3) is 0 Å². The van der Waals surface area contributed by atoms with Crippen LogP contribution < -0.4 is 5.32 Å². The van der Waals surface area contributed by atoms with Gasteiger partial charge in [0.2, 0.25) is 11.8 Å². The topological polar surface area (TPSA) is 49.4 Å². The number of carbonyl (C=O) groups is 2. The second-order valence-electron chi connectivity index (χ2n) is 5.90. The minimum absolute atomic E-state index is 0.0550. The fourth-order valence-electron chi connectivity index (χ4n) is 2.60. The molecule has 1 saturated heterocycles. The summed E-state index contributed by atoms with van der Waals surface area (Å²) in [5, 5.41) is 2.54. The predicted octanol–water partition coefficient (Wildman–Crippen LogP) is 2.80. The smallest absolute Gasteiger partial charge is 0.227 e. The third-order valence-corrected chi connectivity index (χ3v) is 3.80. The summed E-state index contributed by atoms with van der Waals surface area (Å²) in [6, 6.07) is 2.92. The molecule has 1 N–H and O–H groups in total. The van der Waals surface area contributed by atoms with Crippen molar-refractivity contribution >= 4 is 17.5 Å². The molecule has 0 atom stereocenters. The van der Waals surface area contributed by atoms with Crippen LogP contribution in [0.3, 0.4) is 0 Å². The van der Waals surface area contributed by atoms with Gasteiger partial charge in [-0.1, -0.05) is 13.8 Å². The Bertz CT molecular complexity index is 547. The third-order valence-electron chi connectivity index (χ3n) is 3.80. The van der Waals surface area contributed by atoms with Crippen molar-refractivity contribution < 1.29 is 18.4 Å². The normalized spacial score (nSPS) is 16.0. The lowest BCUT2D eigenvalue weighted by Gasteiger charge is -2.32. The molecule has 1 aliphatic heterocycles. The van der Waals surface area contributed by atoms with Crippen LogP contribution in [-0.2, 0) is 9.59 Å². The molecule has 2 rings (SSSR count). The first-order chi connectivity index (χ1) is 10.4. The van der Waals surface area contributed by atoms with Gasteiger partial charge >= 0.3 is 0 Å². The van der Waals surface area contributed by atoms with E-state index in [9.17, 15) is 18.4 Å². The largest absolute Gasteiger partial charge is 0.342 e. The molecule has 120 valence electrons. The van der Waals surface area contributed by atoms with E-state index in [1.807, 2.05) is 13.8 Å². The number of nitrogens with zero attached hydrogens (tertiary/aromatic N) is 1. The van der Waals surface area contributed by atoms with E-state index in [2.05, 4.69) is 5.32 Å². The van der Waals surface area contributed by atoms with Crippen molar-refractivity contribution in [2.45, 2.75) is 26.7 Å². The van der Waals surface area contributed by atoms with Crippen molar-refractivity contribution in [3.05, 3.63) is 29.8 Å². The molecule has 6 heteroatoms. The molecule has 1 aromatic carbocycles. The summed E-state index contributed by atoms with van der Waals surface area (Å²) in [6.45, 7) is 4.76. The summed E-state index contributed by atoms with van der Waals surface area (Å²) in [5.74, 6) is -1.93. The summed E-state index contributed by atoms with van der Waals surface area (Å²) in [4.78, 5) is 25.8. The average molecular weight is 310 g/mol. The summed E-state index contributed by atoms with van der Waals surface area (Å²) in [7, 11) is 0. The zero-order valence-corrected chi connectivity index (χ0v) is 12.7. The first kappa shape index (κ1) is 16.4. The van der Waals surface area contributed by atoms with Crippen molar-refractivity contribution in [1.29, 1.82) is 0 Å². The molecule has 1 fully saturated rings. The second-order valence-corrected chi connectivity index (χ2v) is 5.90. The summed E-state index contributed by atoms with van der Waals surface area (Å²) >= 11 is 0. The number of carbonyl (C=O) groups excluding carboxylic acids is 2. The highest BCUT2D eigenvalue weighted by Gasteiger charge is 2.28. The zero-order chi connectivity index (χ0) is 16.3. The number of nitrogens with one attached hydrogen (secondary N) is 1. The zero-order valence-electron chi connectivity index (χ0n) is 12.7. The minimum Gasteiger partial charge on any atom is -0.342 e. The molecule has 0 unspecified atom stereocenters. The number of hydrogen-bond donors (Lipinski definition) is 1. The van der Waals surface area contributed by atoms with Gasteiger partial charge in [-0.05, 0) is 25.0 Å². The number of halogens is 2. The molecule has 0 spiro atoms. The first-order valence-electron chi connectivity index (χ1n) is 7.42. The van der Waals surface area contributed by atoms with Crippen LogP contribution in [0, 0.1) is 23.5 Å². The van der Waals surface area contributed by atoms with Crippen LogP contribution in [-0.4, -0.2) is 29.8 Å². The van der Waals surface area contributed by atoms with Gasteiger partial charge in [0.15, 0.2) is 0 Å². The standard InChI is InChI=1S/C16H20F2N2O2/c1-10(2)16(22)20-5-3-11(4-6-20)15(21)19-14-8-12(17)7-13(18)9-14/h7-11H,3-6H2,1-2H3,(H,19,21). The number of benzene rings is 1. The lowest BCUT2D eigenvalue weighted by molar-refractivity contribution is -0.137. The molecule has 0 radical (unpaired) electrons. The lowest BCUT2D eigenvalue weighted by atomic mass is 9.95. The average Bonchev–Trinajstić information content (AvgIpc) is 2.45. The van der Waals surface area contributed by atoms with Crippen LogP contribution in [0.5, 0.6) is 0 Å². The van der Waals surface area contributed by atoms with Crippen LogP contribution in [0.1, 0.15) is 26.7 Å². The number of rotatable bonds is 3. The van der Waals surface area contributed by atoms with E-state index in [-0.39, 0.29) is 29.3 Å². The predicted molar refractivity (Wildman–Crippen MR) is 79.1 cm³/mol. The molecule has 0 bridgehead atoms. The van der Waals surface area contributed by atoms with Gasteiger partial charge in [0, 0.05) is 36.7 Å². The summed E-state index contributed by atoms with van der Waals surface area (Å²) in [5.41, 5.74) is 0.114. The number of piperidine rings is 1. The number of anilines is 1. The van der Waals surface area contributed by atoms with E-state index in [0.717, 1.165) is 18.2 Å². The van der Waals surface area contributed by atoms with Crippen molar-refractivity contribution in [3.8, 4) is 0 Å². The van der Waals surface area contributed by atoms with Crippen molar-refractivity contribution in [2.75, 3.05) is 18.4 Å². The summed E-state index contributed by atoms with van der Waals surface area (Å²) in [6.07, 6.45) is 1.12. The maximum Gasteiger partial charge on any atom is 0.227 e. The van der Waals surface area contributed by atoms with Gasteiger partial charge < -0.3 is 10.2 Å². The maximum atomic E-state index is 13.1. The Balaban J connectivity index is 1.91. The van der Waals surface area contributed by atoms with Crippen molar-refractivity contribution in [3.63, 3.8) is 0 Å². The monoisotopic (exact) mass is 310 g/mol. The number of amides is 2. The molecule has 0 aliphatic carbocycles. The molecule has 1 heterocycles. The van der Waals surface area contributed by atoms with Crippen molar-refractivity contribution in [2.24, 2.45) is 11.8 Å². The van der Waals surface area contributed by atoms with E-state index in [4.69, 9.17) is 0 Å². The Kier molecular flexibility index (Phi) is 5.11. The van der Waals surface area contributed by atoms with Crippen LogP contribution in [0.4, 0.5) is 14.5 Å². The van der Waals surface area contributed by atoms with Crippen LogP contribution >= 0.6 is 0 Å². The molecular weight excluding hydrogens is 290 g/mol. The number of hydrogen-bond acceptors (Lipinski definition) is 2. The maximum absolute atomic E-state index is 13.1. The van der Waals surface area contributed by atoms with E-state index in [1.165, 1.54) is 0 Å². The molecule has 1 aliphatic rings. The highest BCUT2D eigenvalue weighted by Crippen LogP contribution is 2.21. The van der Waals surface area contributed by atoms with Gasteiger partial charge in [0.1, 0.15) is 11.6 Å². The van der Waals surface area contributed by atoms with Gasteiger partial charge in [0.25, 0.3) is 0 Å². The Morgan fingerprint density at radius 1 is 1.14 bits per heavy atom. The first-order valence-corrected chi connectivity index (χ1v) is 7.42. The lowest BCUT2D eigenvalue weighted by Crippen LogP contribution is -2.43. The molecule has 2 amide bonds. The molecular formula is C16H20F2N2O2. The Hall–Kier alpha value is -1.98. The Morgan fingerprint density at radius 2 is 1.68 bits per heavy atom. The fraction of sp³-hybridized carbons (Fsp3) is 0.500. The van der Waals surface area contributed by atoms with Gasteiger partial charge in [0.05, 0.1) is 0 Å². The fourth-order valence-corrected chi connectivity index (χ4v) is 2.60. The quantitative estimate of drug-likeness (QED) is 0.933.